The molecule has 6 nitrogen and oxygen atoms in total. The Morgan fingerprint density at radius 1 is 1.45 bits per heavy atom. The van der Waals surface area contributed by atoms with Crippen LogP contribution in [0.4, 0.5) is 11.4 Å². The zero-order valence-corrected chi connectivity index (χ0v) is 12.7. The first-order valence-corrected chi connectivity index (χ1v) is 7.81. The molecule has 0 saturated heterocycles. The van der Waals surface area contributed by atoms with E-state index in [1.165, 1.54) is 18.3 Å². The zero-order valence-electron chi connectivity index (χ0n) is 11.1. The number of rotatable bonds is 4. The minimum atomic E-state index is -3.74. The topological polar surface area (TPSA) is 90.0 Å². The lowest BCUT2D eigenvalue weighted by Gasteiger charge is -2.07. The van der Waals surface area contributed by atoms with Crippen LogP contribution in [-0.4, -0.2) is 18.0 Å². The van der Waals surface area contributed by atoms with Crippen molar-refractivity contribution in [2.45, 2.75) is 25.4 Å². The molecule has 0 aliphatic heterocycles. The van der Waals surface area contributed by atoms with Crippen molar-refractivity contribution in [2.75, 3.05) is 10.5 Å². The average molecular weight is 315 g/mol. The van der Waals surface area contributed by atoms with Gasteiger partial charge in [0.15, 0.2) is 5.03 Å². The number of aromatic nitrogens is 2. The summed E-state index contributed by atoms with van der Waals surface area (Å²) in [5.74, 6) is 0.642. The van der Waals surface area contributed by atoms with Crippen molar-refractivity contribution in [3.05, 3.63) is 35.2 Å². The molecule has 0 aliphatic carbocycles. The largest absolute Gasteiger partial charge is 0.397 e. The van der Waals surface area contributed by atoms with Gasteiger partial charge in [0.2, 0.25) is 0 Å². The number of nitrogens with zero attached hydrogens (tertiary/aromatic N) is 2. The maximum Gasteiger partial charge on any atom is 0.280 e. The number of imidazole rings is 1. The van der Waals surface area contributed by atoms with Crippen LogP contribution in [0.2, 0.25) is 5.02 Å². The molecular formula is C12H15ClN4O2S. The van der Waals surface area contributed by atoms with Crippen molar-refractivity contribution >= 4 is 33.0 Å². The molecule has 3 N–H and O–H groups in total. The second-order valence-electron chi connectivity index (χ2n) is 4.25. The highest BCUT2D eigenvalue weighted by Gasteiger charge is 2.19. The number of nitrogens with two attached hydrogens (primary N) is 1. The molecule has 0 saturated carbocycles. The highest BCUT2D eigenvalue weighted by molar-refractivity contribution is 7.92. The molecule has 0 bridgehead atoms. The first kappa shape index (κ1) is 14.7. The van der Waals surface area contributed by atoms with Crippen molar-refractivity contribution < 1.29 is 8.42 Å². The van der Waals surface area contributed by atoms with Crippen LogP contribution < -0.4 is 10.5 Å². The summed E-state index contributed by atoms with van der Waals surface area (Å²) in [7, 11) is -3.74. The van der Waals surface area contributed by atoms with Crippen molar-refractivity contribution in [1.82, 2.24) is 9.55 Å². The number of halogens is 1. The van der Waals surface area contributed by atoms with Crippen LogP contribution in [0.3, 0.4) is 0 Å². The van der Waals surface area contributed by atoms with E-state index in [1.807, 2.05) is 6.92 Å². The Kier molecular flexibility index (Phi) is 3.92. The zero-order chi connectivity index (χ0) is 14.9. The molecule has 0 unspecified atom stereocenters. The standard InChI is InChI=1S/C12H15ClN4O2S/c1-3-17-7-12(15-8(17)2)20(18,19)16-9-4-5-10(13)11(14)6-9/h4-7,16H,3,14H2,1-2H3. The second-order valence-corrected chi connectivity index (χ2v) is 6.29. The summed E-state index contributed by atoms with van der Waals surface area (Å²) < 4.78 is 28.6. The molecular weight excluding hydrogens is 300 g/mol. The summed E-state index contributed by atoms with van der Waals surface area (Å²) >= 11 is 5.79. The van der Waals surface area contributed by atoms with Gasteiger partial charge in [-0.2, -0.15) is 8.42 Å². The van der Waals surface area contributed by atoms with Crippen LogP contribution in [0.1, 0.15) is 12.7 Å². The number of hydrogen-bond acceptors (Lipinski definition) is 4. The van der Waals surface area contributed by atoms with E-state index in [4.69, 9.17) is 17.3 Å². The smallest absolute Gasteiger partial charge is 0.280 e. The minimum Gasteiger partial charge on any atom is -0.397 e. The molecule has 1 heterocycles. The van der Waals surface area contributed by atoms with Gasteiger partial charge < -0.3 is 10.3 Å². The molecule has 0 fully saturated rings. The second kappa shape index (κ2) is 5.34. The Morgan fingerprint density at radius 2 is 2.15 bits per heavy atom. The minimum absolute atomic E-state index is 0.0228. The summed E-state index contributed by atoms with van der Waals surface area (Å²) in [5, 5.41) is 0.351. The van der Waals surface area contributed by atoms with Gasteiger partial charge in [-0.3, -0.25) is 4.72 Å². The van der Waals surface area contributed by atoms with Gasteiger partial charge in [-0.25, -0.2) is 4.98 Å². The number of nitrogen functional groups attached to an aromatic ring is 1. The molecule has 1 aromatic carbocycles. The predicted molar refractivity (Wildman–Crippen MR) is 79.3 cm³/mol. The molecule has 0 atom stereocenters. The van der Waals surface area contributed by atoms with Gasteiger partial charge in [0.25, 0.3) is 10.0 Å². The molecule has 2 rings (SSSR count). The quantitative estimate of drug-likeness (QED) is 0.847. The Hall–Kier alpha value is -1.73. The Morgan fingerprint density at radius 3 is 2.70 bits per heavy atom. The van der Waals surface area contributed by atoms with E-state index in [0.29, 0.717) is 28.8 Å². The normalized spacial score (nSPS) is 11.6. The van der Waals surface area contributed by atoms with Gasteiger partial charge in [-0.1, -0.05) is 11.6 Å². The maximum atomic E-state index is 12.2. The molecule has 0 aliphatic rings. The number of anilines is 2. The van der Waals surface area contributed by atoms with Crippen LogP contribution in [0.25, 0.3) is 0 Å². The third-order valence-electron chi connectivity index (χ3n) is 2.82. The van der Waals surface area contributed by atoms with E-state index in [-0.39, 0.29) is 5.03 Å². The summed E-state index contributed by atoms with van der Waals surface area (Å²) in [6.07, 6.45) is 1.50. The lowest BCUT2D eigenvalue weighted by molar-refractivity contribution is 0.598. The fourth-order valence-corrected chi connectivity index (χ4v) is 2.92. The van der Waals surface area contributed by atoms with E-state index < -0.39 is 10.0 Å². The van der Waals surface area contributed by atoms with E-state index in [0.717, 1.165) is 0 Å². The van der Waals surface area contributed by atoms with Crippen LogP contribution >= 0.6 is 11.6 Å². The van der Waals surface area contributed by atoms with E-state index in [9.17, 15) is 8.42 Å². The summed E-state index contributed by atoms with van der Waals surface area (Å²) in [6, 6.07) is 4.54. The van der Waals surface area contributed by atoms with Gasteiger partial charge in [0.1, 0.15) is 5.82 Å². The summed E-state index contributed by atoms with van der Waals surface area (Å²) in [5.41, 5.74) is 6.29. The van der Waals surface area contributed by atoms with E-state index in [2.05, 4.69) is 9.71 Å². The molecule has 2 aromatic rings. The van der Waals surface area contributed by atoms with Crippen molar-refractivity contribution in [2.24, 2.45) is 0 Å². The van der Waals surface area contributed by atoms with E-state index in [1.54, 1.807) is 17.6 Å². The molecule has 0 spiro atoms. The molecule has 108 valence electrons. The van der Waals surface area contributed by atoms with Crippen molar-refractivity contribution in [1.29, 1.82) is 0 Å². The molecule has 8 heteroatoms. The molecule has 0 amide bonds. The first-order chi connectivity index (χ1) is 9.33. The number of hydrogen-bond donors (Lipinski definition) is 2. The monoisotopic (exact) mass is 314 g/mol. The van der Waals surface area contributed by atoms with Crippen LogP contribution in [-0.2, 0) is 16.6 Å². The third kappa shape index (κ3) is 2.88. The van der Waals surface area contributed by atoms with E-state index >= 15 is 0 Å². The molecule has 20 heavy (non-hydrogen) atoms. The average Bonchev–Trinajstić information content (AvgIpc) is 2.76. The third-order valence-corrected chi connectivity index (χ3v) is 4.41. The number of sulfonamides is 1. The summed E-state index contributed by atoms with van der Waals surface area (Å²) in [4.78, 5) is 4.04. The Balaban J connectivity index is 2.32. The number of benzene rings is 1. The number of nitrogens with one attached hydrogen (secondary N) is 1. The fourth-order valence-electron chi connectivity index (χ4n) is 1.74. The maximum absolute atomic E-state index is 12.2. The van der Waals surface area contributed by atoms with Crippen LogP contribution in [0, 0.1) is 6.92 Å². The fraction of sp³-hybridized carbons (Fsp3) is 0.250. The van der Waals surface area contributed by atoms with Crippen LogP contribution in [0.5, 0.6) is 0 Å². The number of aryl methyl sites for hydroxylation is 2. The van der Waals surface area contributed by atoms with Crippen LogP contribution in [0.15, 0.2) is 29.4 Å². The summed E-state index contributed by atoms with van der Waals surface area (Å²) in [6.45, 7) is 4.32. The van der Waals surface area contributed by atoms with Gasteiger partial charge >= 0.3 is 0 Å². The molecule has 1 aromatic heterocycles. The van der Waals surface area contributed by atoms with Gasteiger partial charge in [-0.15, -0.1) is 0 Å². The van der Waals surface area contributed by atoms with Gasteiger partial charge in [0.05, 0.1) is 16.4 Å². The SMILES string of the molecule is CCn1cc(S(=O)(=O)Nc2ccc(Cl)c(N)c2)nc1C. The Labute approximate surface area is 122 Å². The lowest BCUT2D eigenvalue weighted by Crippen LogP contribution is -2.13. The van der Waals surface area contributed by atoms with Gasteiger partial charge in [-0.05, 0) is 32.0 Å². The highest BCUT2D eigenvalue weighted by atomic mass is 35.5. The van der Waals surface area contributed by atoms with Crippen molar-refractivity contribution in [3.8, 4) is 0 Å². The molecule has 0 radical (unpaired) electrons. The van der Waals surface area contributed by atoms with Crippen molar-refractivity contribution in [3.63, 3.8) is 0 Å². The van der Waals surface area contributed by atoms with Gasteiger partial charge in [0, 0.05) is 12.7 Å². The predicted octanol–water partition coefficient (Wildman–Crippen LogP) is 2.25. The Bertz CT molecular complexity index is 740. The highest BCUT2D eigenvalue weighted by Crippen LogP contribution is 2.24. The lowest BCUT2D eigenvalue weighted by atomic mass is 10.3. The first-order valence-electron chi connectivity index (χ1n) is 5.95.